The number of methoxy groups -OCH3 is 1. The number of halogens is 1. The van der Waals surface area contributed by atoms with Crippen LogP contribution in [0.3, 0.4) is 0 Å². The minimum Gasteiger partial charge on any atom is -0.454 e. The Kier molecular flexibility index (Phi) is 5.08. The normalized spacial score (nSPS) is 12.3. The number of amides is 1. The van der Waals surface area contributed by atoms with Gasteiger partial charge in [-0.05, 0) is 30.3 Å². The number of hydrogen-bond donors (Lipinski definition) is 0. The summed E-state index contributed by atoms with van der Waals surface area (Å²) in [5.41, 5.74) is 1.42. The third-order valence-electron chi connectivity index (χ3n) is 3.36. The van der Waals surface area contributed by atoms with Gasteiger partial charge in [-0.2, -0.15) is 0 Å². The van der Waals surface area contributed by atoms with Crippen LogP contribution in [0.4, 0.5) is 11.4 Å². The highest BCUT2D eigenvalue weighted by Gasteiger charge is 2.28. The monoisotopic (exact) mass is 363 g/mol. The summed E-state index contributed by atoms with van der Waals surface area (Å²) in [4.78, 5) is 27.5. The Morgan fingerprint density at radius 3 is 2.62 bits per heavy atom. The van der Waals surface area contributed by atoms with E-state index in [1.54, 1.807) is 23.9 Å². The van der Waals surface area contributed by atoms with Crippen LogP contribution in [-0.4, -0.2) is 32.2 Å². The fraction of sp³-hybridized carbons (Fsp3) is 0.176. The summed E-state index contributed by atoms with van der Waals surface area (Å²) in [6.45, 7) is -0.560. The van der Waals surface area contributed by atoms with Crippen molar-refractivity contribution < 1.29 is 19.1 Å². The first kappa shape index (κ1) is 16.8. The van der Waals surface area contributed by atoms with Crippen molar-refractivity contribution in [2.45, 2.75) is 9.79 Å². The summed E-state index contributed by atoms with van der Waals surface area (Å²) in [5.74, 6) is -0.937. The highest BCUT2D eigenvalue weighted by molar-refractivity contribution is 7.99. The van der Waals surface area contributed by atoms with Crippen molar-refractivity contribution in [2.75, 3.05) is 25.2 Å². The molecule has 2 aromatic carbocycles. The van der Waals surface area contributed by atoms with E-state index in [4.69, 9.17) is 16.3 Å². The molecular weight excluding hydrogens is 350 g/mol. The van der Waals surface area contributed by atoms with Crippen LogP contribution in [0.2, 0.25) is 5.02 Å². The average molecular weight is 364 g/mol. The van der Waals surface area contributed by atoms with Crippen LogP contribution < -0.4 is 4.90 Å². The molecule has 0 radical (unpaired) electrons. The Bertz CT molecular complexity index is 796. The lowest BCUT2D eigenvalue weighted by molar-refractivity contribution is -0.151. The van der Waals surface area contributed by atoms with Gasteiger partial charge < -0.3 is 9.47 Å². The first-order valence-corrected chi connectivity index (χ1v) is 8.33. The first-order valence-electron chi connectivity index (χ1n) is 7.14. The quantitative estimate of drug-likeness (QED) is 0.776. The second-order valence-corrected chi connectivity index (χ2v) is 6.52. The largest absolute Gasteiger partial charge is 0.454 e. The number of esters is 1. The van der Waals surface area contributed by atoms with Crippen LogP contribution >= 0.6 is 23.4 Å². The molecule has 7 heteroatoms. The molecule has 1 aliphatic rings. The van der Waals surface area contributed by atoms with Crippen LogP contribution in [-0.2, 0) is 19.1 Å². The number of fused-ring (bicyclic) bond motifs is 2. The van der Waals surface area contributed by atoms with Gasteiger partial charge in [-0.25, -0.2) is 4.79 Å². The van der Waals surface area contributed by atoms with E-state index in [9.17, 15) is 9.59 Å². The predicted octanol–water partition coefficient (Wildman–Crippen LogP) is 3.66. The number of hydrogen-bond acceptors (Lipinski definition) is 5. The van der Waals surface area contributed by atoms with Gasteiger partial charge in [-0.15, -0.1) is 0 Å². The Morgan fingerprint density at radius 2 is 1.83 bits per heavy atom. The molecular formula is C17H14ClNO4S. The lowest BCUT2D eigenvalue weighted by atomic mass is 10.2. The molecule has 1 aliphatic heterocycles. The van der Waals surface area contributed by atoms with Crippen molar-refractivity contribution in [3.8, 4) is 0 Å². The van der Waals surface area contributed by atoms with Crippen LogP contribution in [0, 0.1) is 0 Å². The minimum absolute atomic E-state index is 0.192. The van der Waals surface area contributed by atoms with Crippen LogP contribution in [0.15, 0.2) is 52.3 Å². The van der Waals surface area contributed by atoms with Gasteiger partial charge in [0.1, 0.15) is 6.61 Å². The number of benzene rings is 2. The van der Waals surface area contributed by atoms with Crippen molar-refractivity contribution in [3.05, 3.63) is 47.5 Å². The summed E-state index contributed by atoms with van der Waals surface area (Å²) in [6, 6.07) is 12.9. The number of carbonyl (C=O) groups is 2. The first-order chi connectivity index (χ1) is 11.6. The van der Waals surface area contributed by atoms with E-state index in [1.807, 2.05) is 30.3 Å². The minimum atomic E-state index is -0.586. The van der Waals surface area contributed by atoms with Crippen LogP contribution in [0.1, 0.15) is 0 Å². The van der Waals surface area contributed by atoms with Crippen molar-refractivity contribution in [3.63, 3.8) is 0 Å². The number of carbonyl (C=O) groups excluding carboxylic acids is 2. The van der Waals surface area contributed by atoms with Gasteiger partial charge in [0.15, 0.2) is 6.61 Å². The molecule has 0 bridgehead atoms. The van der Waals surface area contributed by atoms with Crippen molar-refractivity contribution in [1.82, 2.24) is 0 Å². The van der Waals surface area contributed by atoms with E-state index in [2.05, 4.69) is 4.74 Å². The Balaban J connectivity index is 1.93. The molecule has 0 aliphatic carbocycles. The fourth-order valence-corrected chi connectivity index (χ4v) is 3.57. The van der Waals surface area contributed by atoms with E-state index >= 15 is 0 Å². The second-order valence-electron chi connectivity index (χ2n) is 5.00. The maximum atomic E-state index is 12.7. The van der Waals surface area contributed by atoms with Crippen molar-refractivity contribution in [1.29, 1.82) is 0 Å². The molecule has 0 unspecified atom stereocenters. The smallest absolute Gasteiger partial charge is 0.332 e. The zero-order valence-electron chi connectivity index (χ0n) is 12.8. The molecule has 0 saturated carbocycles. The number of anilines is 2. The molecule has 0 aromatic heterocycles. The Labute approximate surface area is 148 Å². The van der Waals surface area contributed by atoms with Gasteiger partial charge in [-0.1, -0.05) is 35.5 Å². The molecule has 5 nitrogen and oxygen atoms in total. The number of rotatable bonds is 4. The summed E-state index contributed by atoms with van der Waals surface area (Å²) in [7, 11) is 1.39. The van der Waals surface area contributed by atoms with Gasteiger partial charge in [0.25, 0.3) is 5.91 Å². The predicted molar refractivity (Wildman–Crippen MR) is 92.0 cm³/mol. The lowest BCUT2D eigenvalue weighted by Crippen LogP contribution is -2.33. The highest BCUT2D eigenvalue weighted by Crippen LogP contribution is 2.48. The second kappa shape index (κ2) is 7.25. The molecule has 1 amide bonds. The topological polar surface area (TPSA) is 55.8 Å². The molecule has 124 valence electrons. The maximum Gasteiger partial charge on any atom is 0.332 e. The number of para-hydroxylation sites is 1. The standard InChI is InChI=1S/C17H14ClNO4S/c1-22-10-17(21)23-9-16(20)19-12-4-2-3-5-14(12)24-15-7-6-11(18)8-13(15)19/h2-8H,9-10H2,1H3. The molecule has 0 atom stereocenters. The van der Waals surface area contributed by atoms with Gasteiger partial charge in [0, 0.05) is 21.9 Å². The molecule has 2 aromatic rings. The van der Waals surface area contributed by atoms with Crippen LogP contribution in [0.25, 0.3) is 0 Å². The maximum absolute atomic E-state index is 12.7. The molecule has 0 N–H and O–H groups in total. The molecule has 24 heavy (non-hydrogen) atoms. The van der Waals surface area contributed by atoms with Gasteiger partial charge in [-0.3, -0.25) is 9.69 Å². The van der Waals surface area contributed by atoms with Gasteiger partial charge >= 0.3 is 5.97 Å². The zero-order chi connectivity index (χ0) is 17.1. The number of ether oxygens (including phenoxy) is 2. The van der Waals surface area contributed by atoms with E-state index in [1.165, 1.54) is 12.0 Å². The number of nitrogens with zero attached hydrogens (tertiary/aromatic N) is 1. The third kappa shape index (κ3) is 3.40. The van der Waals surface area contributed by atoms with E-state index in [0.717, 1.165) is 15.5 Å². The fourth-order valence-electron chi connectivity index (χ4n) is 2.36. The molecule has 0 saturated heterocycles. The van der Waals surface area contributed by atoms with E-state index < -0.39 is 5.97 Å². The summed E-state index contributed by atoms with van der Waals surface area (Å²) in [6.07, 6.45) is 0. The Hall–Kier alpha value is -2.02. The molecule has 3 rings (SSSR count). The van der Waals surface area contributed by atoms with Crippen molar-refractivity contribution in [2.24, 2.45) is 0 Å². The molecule has 0 spiro atoms. The molecule has 0 fully saturated rings. The van der Waals surface area contributed by atoms with E-state index in [0.29, 0.717) is 10.7 Å². The highest BCUT2D eigenvalue weighted by atomic mass is 35.5. The van der Waals surface area contributed by atoms with Gasteiger partial charge in [0.2, 0.25) is 0 Å². The SMILES string of the molecule is COCC(=O)OCC(=O)N1c2ccccc2Sc2ccc(Cl)cc21. The zero-order valence-corrected chi connectivity index (χ0v) is 14.4. The summed E-state index contributed by atoms with van der Waals surface area (Å²) < 4.78 is 9.65. The van der Waals surface area contributed by atoms with Gasteiger partial charge in [0.05, 0.1) is 11.4 Å². The van der Waals surface area contributed by atoms with Crippen molar-refractivity contribution >= 4 is 46.6 Å². The average Bonchev–Trinajstić information content (AvgIpc) is 2.58. The lowest BCUT2D eigenvalue weighted by Gasteiger charge is -2.31. The summed E-state index contributed by atoms with van der Waals surface area (Å²) in [5, 5.41) is 0.530. The van der Waals surface area contributed by atoms with Crippen LogP contribution in [0.5, 0.6) is 0 Å². The van der Waals surface area contributed by atoms with E-state index in [-0.39, 0.29) is 19.1 Å². The molecule has 1 heterocycles. The Morgan fingerprint density at radius 1 is 1.08 bits per heavy atom. The summed E-state index contributed by atoms with van der Waals surface area (Å²) >= 11 is 7.66. The third-order valence-corrected chi connectivity index (χ3v) is 4.72.